The van der Waals surface area contributed by atoms with Crippen LogP contribution in [0.4, 0.5) is 5.82 Å². The van der Waals surface area contributed by atoms with Crippen molar-refractivity contribution in [1.29, 1.82) is 0 Å². The van der Waals surface area contributed by atoms with Gasteiger partial charge in [-0.15, -0.1) is 0 Å². The molecule has 1 saturated heterocycles. The second kappa shape index (κ2) is 9.65. The Hall–Kier alpha value is -3.65. The highest BCUT2D eigenvalue weighted by molar-refractivity contribution is 5.95. The van der Waals surface area contributed by atoms with Gasteiger partial charge in [-0.2, -0.15) is 5.10 Å². The second-order valence-electron chi connectivity index (χ2n) is 7.90. The molecular formula is C24H27N5O3. The summed E-state index contributed by atoms with van der Waals surface area (Å²) >= 11 is 0. The van der Waals surface area contributed by atoms with Crippen molar-refractivity contribution < 1.29 is 14.3 Å². The summed E-state index contributed by atoms with van der Waals surface area (Å²) < 4.78 is 6.14. The number of nitrogens with zero attached hydrogens (tertiary/aromatic N) is 3. The molecule has 0 atom stereocenters. The second-order valence-corrected chi connectivity index (χ2v) is 7.90. The van der Waals surface area contributed by atoms with Gasteiger partial charge in [0.25, 0.3) is 5.91 Å². The molecule has 0 saturated carbocycles. The van der Waals surface area contributed by atoms with Crippen molar-refractivity contribution >= 4 is 17.7 Å². The Bertz CT molecular complexity index is 1070. The highest BCUT2D eigenvalue weighted by atomic mass is 16.5. The number of nitrogen functional groups attached to an aromatic ring is 1. The molecule has 2 aromatic carbocycles. The number of nitrogens with two attached hydrogens (primary N) is 1. The van der Waals surface area contributed by atoms with E-state index in [0.29, 0.717) is 11.3 Å². The number of piperidine rings is 1. The molecule has 166 valence electrons. The number of carbonyl (C=O) groups excluding carboxylic acids is 2. The number of amides is 1. The van der Waals surface area contributed by atoms with Crippen LogP contribution >= 0.6 is 0 Å². The molecule has 1 aliphatic heterocycles. The fourth-order valence-corrected chi connectivity index (χ4v) is 3.93. The first-order valence-electron chi connectivity index (χ1n) is 10.6. The maximum Gasteiger partial charge on any atom is 0.343 e. The lowest BCUT2D eigenvalue weighted by Gasteiger charge is -2.32. The third kappa shape index (κ3) is 4.81. The van der Waals surface area contributed by atoms with E-state index in [9.17, 15) is 9.59 Å². The summed E-state index contributed by atoms with van der Waals surface area (Å²) in [6.45, 7) is 2.86. The lowest BCUT2D eigenvalue weighted by molar-refractivity contribution is 0.0601. The topological polar surface area (TPSA) is 102 Å². The third-order valence-corrected chi connectivity index (χ3v) is 5.76. The van der Waals surface area contributed by atoms with E-state index < -0.39 is 5.97 Å². The highest BCUT2D eigenvalue weighted by Crippen LogP contribution is 2.19. The first kappa shape index (κ1) is 21.6. The molecule has 3 N–H and O–H groups in total. The van der Waals surface area contributed by atoms with E-state index in [4.69, 9.17) is 10.5 Å². The van der Waals surface area contributed by atoms with Gasteiger partial charge < -0.3 is 15.8 Å². The molecule has 1 aromatic heterocycles. The zero-order valence-corrected chi connectivity index (χ0v) is 18.0. The van der Waals surface area contributed by atoms with Gasteiger partial charge in [-0.3, -0.25) is 9.69 Å². The van der Waals surface area contributed by atoms with Gasteiger partial charge in [0, 0.05) is 31.2 Å². The van der Waals surface area contributed by atoms with E-state index in [1.165, 1.54) is 23.6 Å². The van der Waals surface area contributed by atoms with E-state index in [1.54, 1.807) is 24.3 Å². The Kier molecular flexibility index (Phi) is 6.51. The summed E-state index contributed by atoms with van der Waals surface area (Å²) in [6, 6.07) is 17.6. The summed E-state index contributed by atoms with van der Waals surface area (Å²) in [7, 11) is 1.29. The number of hydrogen-bond acceptors (Lipinski definition) is 6. The number of likely N-dealkylation sites (tertiary alicyclic amines) is 1. The van der Waals surface area contributed by atoms with Crippen LogP contribution in [0.1, 0.15) is 39.1 Å². The summed E-state index contributed by atoms with van der Waals surface area (Å²) in [5.41, 5.74) is 8.75. The summed E-state index contributed by atoms with van der Waals surface area (Å²) in [5.74, 6) is -0.447. The summed E-state index contributed by atoms with van der Waals surface area (Å²) in [4.78, 5) is 26.8. The first-order valence-corrected chi connectivity index (χ1v) is 10.6. The van der Waals surface area contributed by atoms with Crippen molar-refractivity contribution in [2.75, 3.05) is 25.9 Å². The zero-order chi connectivity index (χ0) is 22.5. The Morgan fingerprint density at radius 2 is 1.78 bits per heavy atom. The Morgan fingerprint density at radius 1 is 1.09 bits per heavy atom. The molecule has 0 aliphatic carbocycles. The van der Waals surface area contributed by atoms with Crippen molar-refractivity contribution in [1.82, 2.24) is 20.0 Å². The van der Waals surface area contributed by atoms with Crippen molar-refractivity contribution in [3.8, 4) is 5.69 Å². The van der Waals surface area contributed by atoms with Gasteiger partial charge in [-0.25, -0.2) is 9.48 Å². The molecule has 8 nitrogen and oxygen atoms in total. The number of benzene rings is 2. The Labute approximate surface area is 187 Å². The van der Waals surface area contributed by atoms with Crippen LogP contribution in [0.3, 0.4) is 0 Å². The smallest absolute Gasteiger partial charge is 0.343 e. The molecule has 8 heteroatoms. The molecule has 0 unspecified atom stereocenters. The molecule has 0 spiro atoms. The third-order valence-electron chi connectivity index (χ3n) is 5.76. The Balaban J connectivity index is 1.32. The molecule has 0 bridgehead atoms. The fourth-order valence-electron chi connectivity index (χ4n) is 3.93. The van der Waals surface area contributed by atoms with Crippen LogP contribution in [-0.2, 0) is 11.3 Å². The zero-order valence-electron chi connectivity index (χ0n) is 18.0. The standard InChI is InChI=1S/C24H27N5O3/c1-32-24(31)21-15-26-29(22(21)25)20-9-7-18(8-10-20)23(30)27-19-11-13-28(14-12-19)16-17-5-3-2-4-6-17/h2-10,15,19H,11-14,16,25H2,1H3,(H,27,30). The number of esters is 1. The number of nitrogens with one attached hydrogen (secondary N) is 1. The van der Waals surface area contributed by atoms with Gasteiger partial charge in [0.1, 0.15) is 11.4 Å². The molecule has 1 amide bonds. The van der Waals surface area contributed by atoms with E-state index in [-0.39, 0.29) is 23.3 Å². The summed E-state index contributed by atoms with van der Waals surface area (Å²) in [6.07, 6.45) is 3.22. The maximum atomic E-state index is 12.7. The summed E-state index contributed by atoms with van der Waals surface area (Å²) in [5, 5.41) is 7.29. The van der Waals surface area contributed by atoms with Crippen LogP contribution in [0.25, 0.3) is 5.69 Å². The fraction of sp³-hybridized carbons (Fsp3) is 0.292. The van der Waals surface area contributed by atoms with Crippen LogP contribution in [-0.4, -0.2) is 52.8 Å². The molecule has 2 heterocycles. The van der Waals surface area contributed by atoms with Crippen LogP contribution < -0.4 is 11.1 Å². The van der Waals surface area contributed by atoms with Gasteiger partial charge in [-0.05, 0) is 42.7 Å². The lowest BCUT2D eigenvalue weighted by atomic mass is 10.0. The highest BCUT2D eigenvalue weighted by Gasteiger charge is 2.21. The van der Waals surface area contributed by atoms with Gasteiger partial charge in [-0.1, -0.05) is 30.3 Å². The molecular weight excluding hydrogens is 406 g/mol. The Morgan fingerprint density at radius 3 is 2.44 bits per heavy atom. The number of aromatic nitrogens is 2. The van der Waals surface area contributed by atoms with Gasteiger partial charge in [0.15, 0.2) is 0 Å². The van der Waals surface area contributed by atoms with Gasteiger partial charge >= 0.3 is 5.97 Å². The number of ether oxygens (including phenoxy) is 1. The number of methoxy groups -OCH3 is 1. The van der Waals surface area contributed by atoms with E-state index in [2.05, 4.69) is 39.6 Å². The number of carbonyl (C=O) groups is 2. The van der Waals surface area contributed by atoms with Crippen molar-refractivity contribution in [3.63, 3.8) is 0 Å². The number of hydrogen-bond donors (Lipinski definition) is 2. The predicted octanol–water partition coefficient (Wildman–Crippen LogP) is 2.64. The van der Waals surface area contributed by atoms with Crippen LogP contribution in [0.5, 0.6) is 0 Å². The largest absolute Gasteiger partial charge is 0.465 e. The number of rotatable bonds is 6. The average Bonchev–Trinajstić information content (AvgIpc) is 3.22. The molecule has 1 fully saturated rings. The first-order chi connectivity index (χ1) is 15.5. The molecule has 4 rings (SSSR count). The minimum atomic E-state index is -0.542. The number of anilines is 1. The maximum absolute atomic E-state index is 12.7. The monoisotopic (exact) mass is 433 g/mol. The van der Waals surface area contributed by atoms with Crippen molar-refractivity contribution in [2.45, 2.75) is 25.4 Å². The normalized spacial score (nSPS) is 14.8. The van der Waals surface area contributed by atoms with Crippen molar-refractivity contribution in [3.05, 3.63) is 77.5 Å². The van der Waals surface area contributed by atoms with E-state index >= 15 is 0 Å². The van der Waals surface area contributed by atoms with E-state index in [0.717, 1.165) is 32.5 Å². The van der Waals surface area contributed by atoms with Crippen LogP contribution in [0.15, 0.2) is 60.8 Å². The minimum Gasteiger partial charge on any atom is -0.465 e. The predicted molar refractivity (Wildman–Crippen MR) is 122 cm³/mol. The van der Waals surface area contributed by atoms with Crippen molar-refractivity contribution in [2.24, 2.45) is 0 Å². The van der Waals surface area contributed by atoms with Crippen LogP contribution in [0, 0.1) is 0 Å². The van der Waals surface area contributed by atoms with E-state index in [1.807, 2.05) is 6.07 Å². The average molecular weight is 434 g/mol. The minimum absolute atomic E-state index is 0.0956. The quantitative estimate of drug-likeness (QED) is 0.580. The lowest BCUT2D eigenvalue weighted by Crippen LogP contribution is -2.44. The van der Waals surface area contributed by atoms with Crippen LogP contribution in [0.2, 0.25) is 0 Å². The van der Waals surface area contributed by atoms with Gasteiger partial charge in [0.05, 0.1) is 19.0 Å². The molecule has 3 aromatic rings. The SMILES string of the molecule is COC(=O)c1cnn(-c2ccc(C(=O)NC3CCN(Cc4ccccc4)CC3)cc2)c1N. The molecule has 1 aliphatic rings. The van der Waals surface area contributed by atoms with Gasteiger partial charge in [0.2, 0.25) is 0 Å². The molecule has 32 heavy (non-hydrogen) atoms. The molecule has 0 radical (unpaired) electrons.